The summed E-state index contributed by atoms with van der Waals surface area (Å²) < 4.78 is 38.5. The number of carbonyl (C=O) groups is 2. The van der Waals surface area contributed by atoms with E-state index in [1.807, 2.05) is 18.2 Å². The van der Waals surface area contributed by atoms with Crippen molar-refractivity contribution in [3.05, 3.63) is 117 Å². The van der Waals surface area contributed by atoms with E-state index in [1.165, 1.54) is 31.3 Å². The fraction of sp³-hybridized carbons (Fsp3) is 0.324. The van der Waals surface area contributed by atoms with Crippen molar-refractivity contribution in [1.29, 1.82) is 0 Å². The van der Waals surface area contributed by atoms with Crippen LogP contribution in [0, 0.1) is 11.7 Å². The Kier molecular flexibility index (Phi) is 10.9. The van der Waals surface area contributed by atoms with Gasteiger partial charge in [-0.15, -0.1) is 0 Å². The Labute approximate surface area is 294 Å². The molecule has 1 aromatic heterocycles. The molecule has 12 heteroatoms. The number of carbonyl (C=O) groups excluding carboxylic acids is 2. The Hall–Kier alpha value is -4.38. The number of hydrogen-bond acceptors (Lipinski definition) is 7. The van der Waals surface area contributed by atoms with Crippen LogP contribution in [-0.4, -0.2) is 56.9 Å². The normalized spacial score (nSPS) is 18.8. The highest BCUT2D eigenvalue weighted by molar-refractivity contribution is 6.35. The van der Waals surface area contributed by atoms with Gasteiger partial charge in [0, 0.05) is 24.2 Å². The minimum atomic E-state index is -0.918. The molecule has 3 aliphatic rings. The van der Waals surface area contributed by atoms with E-state index in [4.69, 9.17) is 42.1 Å². The van der Waals surface area contributed by atoms with E-state index in [9.17, 15) is 9.59 Å². The molecule has 3 aliphatic heterocycles. The number of nitrogens with zero attached hydrogens (tertiary/aromatic N) is 2. The molecule has 9 nitrogen and oxygen atoms in total. The molecule has 4 heterocycles. The first kappa shape index (κ1) is 34.5. The zero-order valence-electron chi connectivity index (χ0n) is 27.2. The first-order valence-electron chi connectivity index (χ1n) is 16.0. The SMILES string of the molecule is COc1ccc([C@H](Cc2c(Cl)c[nH+]cc2Cl)OC(=O)c2ccc(CN(C(=O)O[C@H]3CN4CCC3CC4)c3ccccc3)cc2F)cc1OC. The van der Waals surface area contributed by atoms with E-state index >= 15 is 4.39 Å². The number of amides is 1. The van der Waals surface area contributed by atoms with E-state index in [2.05, 4.69) is 9.88 Å². The van der Waals surface area contributed by atoms with Crippen LogP contribution in [0.2, 0.25) is 10.0 Å². The van der Waals surface area contributed by atoms with Crippen LogP contribution < -0.4 is 19.4 Å². The number of rotatable bonds is 11. The summed E-state index contributed by atoms with van der Waals surface area (Å²) in [5, 5.41) is 0.694. The Morgan fingerprint density at radius 2 is 1.67 bits per heavy atom. The molecule has 2 bridgehead atoms. The number of fused-ring (bicyclic) bond motifs is 3. The summed E-state index contributed by atoms with van der Waals surface area (Å²) >= 11 is 12.9. The number of hydrogen-bond donors (Lipinski definition) is 0. The second kappa shape index (κ2) is 15.4. The highest BCUT2D eigenvalue weighted by atomic mass is 35.5. The van der Waals surface area contributed by atoms with Gasteiger partial charge in [0.2, 0.25) is 0 Å². The molecule has 49 heavy (non-hydrogen) atoms. The smallest absolute Gasteiger partial charge is 0.414 e. The summed E-state index contributed by atoms with van der Waals surface area (Å²) in [5.74, 6) is -0.437. The minimum absolute atomic E-state index is 0.0342. The zero-order valence-corrected chi connectivity index (χ0v) is 28.7. The Balaban J connectivity index is 1.23. The minimum Gasteiger partial charge on any atom is -0.493 e. The number of halogens is 3. The zero-order chi connectivity index (χ0) is 34.5. The number of ether oxygens (including phenoxy) is 4. The van der Waals surface area contributed by atoms with Crippen molar-refractivity contribution in [2.45, 2.75) is 38.0 Å². The molecule has 0 unspecified atom stereocenters. The molecule has 0 saturated carbocycles. The van der Waals surface area contributed by atoms with Crippen molar-refractivity contribution in [2.75, 3.05) is 38.8 Å². The topological polar surface area (TPSA) is 91.7 Å². The van der Waals surface area contributed by atoms with Crippen LogP contribution in [-0.2, 0) is 22.4 Å². The van der Waals surface area contributed by atoms with Gasteiger partial charge in [0.25, 0.3) is 0 Å². The standard InChI is InChI=1S/C37H36Cl2FN3O6/c1-46-32-11-9-25(17-34(32)47-2)33(18-28-29(38)19-41-20-30(28)39)48-36(44)27-10-8-23(16-31(27)40)21-43(26-6-4-3-5-7-26)37(45)49-35-22-42-14-12-24(35)13-15-42/h3-11,16-17,19-20,24,33,35H,12-15,18,21-22H2,1-2H3/p+1/t33-,35-/m0/s1. The quantitative estimate of drug-likeness (QED) is 0.151. The molecule has 0 radical (unpaired) electrons. The number of nitrogens with one attached hydrogen (secondary N) is 1. The van der Waals surface area contributed by atoms with Crippen molar-refractivity contribution in [2.24, 2.45) is 5.92 Å². The van der Waals surface area contributed by atoms with Gasteiger partial charge in [-0.25, -0.2) is 19.0 Å². The second-order valence-electron chi connectivity index (χ2n) is 12.1. The van der Waals surface area contributed by atoms with E-state index in [1.54, 1.807) is 48.8 Å². The van der Waals surface area contributed by atoms with Gasteiger partial charge in [-0.1, -0.05) is 53.5 Å². The molecule has 0 spiro atoms. The van der Waals surface area contributed by atoms with Gasteiger partial charge in [0.05, 0.1) is 26.3 Å². The average Bonchev–Trinajstić information content (AvgIpc) is 3.12. The van der Waals surface area contributed by atoms with Gasteiger partial charge in [-0.3, -0.25) is 9.80 Å². The Bertz CT molecular complexity index is 1780. The van der Waals surface area contributed by atoms with Gasteiger partial charge >= 0.3 is 12.1 Å². The largest absolute Gasteiger partial charge is 0.493 e. The Morgan fingerprint density at radius 3 is 2.31 bits per heavy atom. The monoisotopic (exact) mass is 708 g/mol. The molecule has 3 saturated heterocycles. The van der Waals surface area contributed by atoms with Crippen molar-refractivity contribution in [3.8, 4) is 11.5 Å². The number of benzene rings is 3. The summed E-state index contributed by atoms with van der Waals surface area (Å²) in [6.07, 6.45) is 3.64. The molecule has 0 aliphatic carbocycles. The highest BCUT2D eigenvalue weighted by Gasteiger charge is 2.37. The third kappa shape index (κ3) is 7.93. The third-order valence-electron chi connectivity index (χ3n) is 9.15. The number of anilines is 1. The second-order valence-corrected chi connectivity index (χ2v) is 13.0. The lowest BCUT2D eigenvalue weighted by atomic mass is 9.86. The van der Waals surface area contributed by atoms with Crippen molar-refractivity contribution >= 4 is 41.0 Å². The van der Waals surface area contributed by atoms with Crippen LogP contribution in [0.25, 0.3) is 0 Å². The predicted octanol–water partition coefficient (Wildman–Crippen LogP) is 7.34. The van der Waals surface area contributed by atoms with E-state index < -0.39 is 24.0 Å². The van der Waals surface area contributed by atoms with Crippen molar-refractivity contribution in [1.82, 2.24) is 4.90 Å². The van der Waals surface area contributed by atoms with Gasteiger partial charge < -0.3 is 18.9 Å². The lowest BCUT2D eigenvalue weighted by Crippen LogP contribution is -2.53. The molecule has 7 rings (SSSR count). The number of aromatic amines is 1. The maximum Gasteiger partial charge on any atom is 0.414 e. The molecule has 2 atom stereocenters. The lowest BCUT2D eigenvalue weighted by Gasteiger charge is -2.44. The van der Waals surface area contributed by atoms with Crippen LogP contribution in [0.15, 0.2) is 79.1 Å². The van der Waals surface area contributed by atoms with Crippen molar-refractivity contribution < 1.29 is 37.9 Å². The first-order chi connectivity index (χ1) is 23.7. The molecule has 1 N–H and O–H groups in total. The fourth-order valence-corrected chi connectivity index (χ4v) is 6.97. The number of methoxy groups -OCH3 is 2. The molecule has 4 aromatic rings. The summed E-state index contributed by atoms with van der Waals surface area (Å²) in [5.41, 5.74) is 1.92. The number of pyridine rings is 1. The highest BCUT2D eigenvalue weighted by Crippen LogP contribution is 2.36. The molecule has 256 valence electrons. The summed E-state index contributed by atoms with van der Waals surface area (Å²) in [7, 11) is 3.01. The predicted molar refractivity (Wildman–Crippen MR) is 183 cm³/mol. The summed E-state index contributed by atoms with van der Waals surface area (Å²) in [6.45, 7) is 2.80. The van der Waals surface area contributed by atoms with Gasteiger partial charge in [-0.05, 0) is 79.4 Å². The lowest BCUT2D eigenvalue weighted by molar-refractivity contribution is -0.377. The summed E-state index contributed by atoms with van der Waals surface area (Å²) in [4.78, 5) is 33.8. The molecular formula is C37H37Cl2FN3O6+. The number of H-pyrrole nitrogens is 1. The number of piperidine rings is 3. The van der Waals surface area contributed by atoms with E-state index in [0.29, 0.717) is 49.8 Å². The van der Waals surface area contributed by atoms with Crippen LogP contribution >= 0.6 is 23.2 Å². The van der Waals surface area contributed by atoms with Crippen molar-refractivity contribution in [3.63, 3.8) is 0 Å². The number of para-hydroxylation sites is 1. The van der Waals surface area contributed by atoms with Crippen LogP contribution in [0.3, 0.4) is 0 Å². The maximum atomic E-state index is 15.7. The van der Waals surface area contributed by atoms with Gasteiger partial charge in [0.1, 0.15) is 28.1 Å². The number of esters is 1. The number of aromatic nitrogens is 1. The average molecular weight is 710 g/mol. The fourth-order valence-electron chi connectivity index (χ4n) is 6.44. The van der Waals surface area contributed by atoms with Crippen LogP contribution in [0.4, 0.5) is 14.9 Å². The maximum absolute atomic E-state index is 15.7. The molecular weight excluding hydrogens is 672 g/mol. The van der Waals surface area contributed by atoms with Crippen LogP contribution in [0.5, 0.6) is 11.5 Å². The summed E-state index contributed by atoms with van der Waals surface area (Å²) in [6, 6.07) is 18.4. The third-order valence-corrected chi connectivity index (χ3v) is 9.82. The molecule has 3 aromatic carbocycles. The molecule has 3 fully saturated rings. The van der Waals surface area contributed by atoms with Gasteiger partial charge in [-0.2, -0.15) is 0 Å². The Morgan fingerprint density at radius 1 is 0.959 bits per heavy atom. The van der Waals surface area contributed by atoms with E-state index in [-0.39, 0.29) is 24.6 Å². The van der Waals surface area contributed by atoms with E-state index in [0.717, 1.165) is 32.5 Å². The molecule has 1 amide bonds. The van der Waals surface area contributed by atoms with Gasteiger partial charge in [0.15, 0.2) is 23.9 Å². The first-order valence-corrected chi connectivity index (χ1v) is 16.8. The van der Waals surface area contributed by atoms with Crippen LogP contribution in [0.1, 0.15) is 46.0 Å².